The van der Waals surface area contributed by atoms with Crippen LogP contribution in [0.1, 0.15) is 34.2 Å². The van der Waals surface area contributed by atoms with Gasteiger partial charge < -0.3 is 0 Å². The van der Waals surface area contributed by atoms with Crippen LogP contribution in [0.3, 0.4) is 0 Å². The number of aryl methyl sites for hydroxylation is 2. The number of hydrogen-bond donors (Lipinski definition) is 0. The average Bonchev–Trinajstić information content (AvgIpc) is 2.25. The van der Waals surface area contributed by atoms with Crippen molar-refractivity contribution in [2.75, 3.05) is 6.54 Å². The van der Waals surface area contributed by atoms with E-state index in [-0.39, 0.29) is 0 Å². The SMILES string of the molecule is Cc1cc(C)c(C)c(CCCN=C=O)c1C. The van der Waals surface area contributed by atoms with E-state index in [1.807, 2.05) is 0 Å². The molecule has 0 bridgehead atoms. The van der Waals surface area contributed by atoms with Gasteiger partial charge in [-0.05, 0) is 68.4 Å². The highest BCUT2D eigenvalue weighted by atomic mass is 16.1. The zero-order valence-electron chi connectivity index (χ0n) is 10.6. The molecular formula is C14H19NO. The number of hydrogen-bond acceptors (Lipinski definition) is 2. The molecule has 0 amide bonds. The predicted octanol–water partition coefficient (Wildman–Crippen LogP) is 3.19. The lowest BCUT2D eigenvalue weighted by molar-refractivity contribution is 0.562. The van der Waals surface area contributed by atoms with Gasteiger partial charge in [-0.2, -0.15) is 0 Å². The highest BCUT2D eigenvalue weighted by molar-refractivity contribution is 5.44. The minimum absolute atomic E-state index is 0.579. The first kappa shape index (κ1) is 12.7. The fourth-order valence-corrected chi connectivity index (χ4v) is 2.05. The summed E-state index contributed by atoms with van der Waals surface area (Å²) in [6.07, 6.45) is 3.49. The zero-order chi connectivity index (χ0) is 12.1. The second-order valence-electron chi connectivity index (χ2n) is 4.32. The minimum Gasteiger partial charge on any atom is -0.211 e. The zero-order valence-corrected chi connectivity index (χ0v) is 10.6. The van der Waals surface area contributed by atoms with Gasteiger partial charge in [0, 0.05) is 0 Å². The summed E-state index contributed by atoms with van der Waals surface area (Å²) in [4.78, 5) is 13.6. The number of rotatable bonds is 4. The van der Waals surface area contributed by atoms with E-state index in [0.29, 0.717) is 6.54 Å². The van der Waals surface area contributed by atoms with Crippen molar-refractivity contribution in [1.82, 2.24) is 0 Å². The van der Waals surface area contributed by atoms with E-state index in [4.69, 9.17) is 0 Å². The van der Waals surface area contributed by atoms with Crippen LogP contribution in [0.5, 0.6) is 0 Å². The van der Waals surface area contributed by atoms with Gasteiger partial charge in [0.25, 0.3) is 0 Å². The molecule has 0 fully saturated rings. The van der Waals surface area contributed by atoms with Gasteiger partial charge >= 0.3 is 0 Å². The number of carbonyl (C=O) groups excluding carboxylic acids is 1. The molecule has 86 valence electrons. The van der Waals surface area contributed by atoms with Crippen LogP contribution >= 0.6 is 0 Å². The summed E-state index contributed by atoms with van der Waals surface area (Å²) in [5, 5.41) is 0. The van der Waals surface area contributed by atoms with Gasteiger partial charge in [0.05, 0.1) is 6.54 Å². The molecule has 0 heterocycles. The Labute approximate surface area is 97.4 Å². The second kappa shape index (κ2) is 5.62. The first-order valence-corrected chi connectivity index (χ1v) is 5.67. The molecule has 1 aromatic carbocycles. The largest absolute Gasteiger partial charge is 0.234 e. The Morgan fingerprint density at radius 2 is 1.69 bits per heavy atom. The molecule has 16 heavy (non-hydrogen) atoms. The van der Waals surface area contributed by atoms with E-state index in [2.05, 4.69) is 38.8 Å². The Hall–Kier alpha value is -1.40. The number of isocyanates is 1. The average molecular weight is 217 g/mol. The topological polar surface area (TPSA) is 29.4 Å². The molecule has 0 aromatic heterocycles. The first-order chi connectivity index (χ1) is 7.57. The Bertz CT molecular complexity index is 403. The number of benzene rings is 1. The maximum Gasteiger partial charge on any atom is 0.234 e. The van der Waals surface area contributed by atoms with Gasteiger partial charge in [-0.3, -0.25) is 0 Å². The highest BCUT2D eigenvalue weighted by Crippen LogP contribution is 2.22. The van der Waals surface area contributed by atoms with Gasteiger partial charge in [0.1, 0.15) is 0 Å². The fourth-order valence-electron chi connectivity index (χ4n) is 2.05. The van der Waals surface area contributed by atoms with Gasteiger partial charge in [0.15, 0.2) is 0 Å². The molecule has 2 nitrogen and oxygen atoms in total. The molecular weight excluding hydrogens is 198 g/mol. The minimum atomic E-state index is 0.579. The van der Waals surface area contributed by atoms with Crippen molar-refractivity contribution >= 4 is 6.08 Å². The summed E-state index contributed by atoms with van der Waals surface area (Å²) in [5.74, 6) is 0. The van der Waals surface area contributed by atoms with E-state index >= 15 is 0 Å². The normalized spacial score (nSPS) is 10.0. The third-order valence-corrected chi connectivity index (χ3v) is 3.28. The molecule has 0 saturated heterocycles. The van der Waals surface area contributed by atoms with E-state index in [1.54, 1.807) is 6.08 Å². The lowest BCUT2D eigenvalue weighted by atomic mass is 9.91. The van der Waals surface area contributed by atoms with Crippen molar-refractivity contribution in [1.29, 1.82) is 0 Å². The van der Waals surface area contributed by atoms with Crippen molar-refractivity contribution in [3.8, 4) is 0 Å². The van der Waals surface area contributed by atoms with Crippen LogP contribution in [0.2, 0.25) is 0 Å². The Kier molecular flexibility index (Phi) is 4.45. The number of aliphatic imine (C=N–C) groups is 1. The fraction of sp³-hybridized carbons (Fsp3) is 0.500. The molecule has 0 saturated carbocycles. The molecule has 0 spiro atoms. The summed E-state index contributed by atoms with van der Waals surface area (Å²) in [7, 11) is 0. The molecule has 0 aliphatic heterocycles. The van der Waals surface area contributed by atoms with Crippen LogP contribution in [-0.2, 0) is 11.2 Å². The van der Waals surface area contributed by atoms with Crippen LogP contribution in [0.4, 0.5) is 0 Å². The molecule has 0 aliphatic rings. The molecule has 0 unspecified atom stereocenters. The molecule has 2 heteroatoms. The van der Waals surface area contributed by atoms with Gasteiger partial charge in [0.2, 0.25) is 6.08 Å². The summed E-state index contributed by atoms with van der Waals surface area (Å²) >= 11 is 0. The molecule has 0 radical (unpaired) electrons. The third kappa shape index (κ3) is 2.80. The van der Waals surface area contributed by atoms with E-state index in [1.165, 1.54) is 27.8 Å². The van der Waals surface area contributed by atoms with Crippen LogP contribution in [0, 0.1) is 27.7 Å². The summed E-state index contributed by atoms with van der Waals surface area (Å²) in [5.41, 5.74) is 6.85. The van der Waals surface area contributed by atoms with Crippen LogP contribution in [-0.4, -0.2) is 12.6 Å². The van der Waals surface area contributed by atoms with E-state index < -0.39 is 0 Å². The van der Waals surface area contributed by atoms with Crippen molar-refractivity contribution in [2.24, 2.45) is 4.99 Å². The lowest BCUT2D eigenvalue weighted by Crippen LogP contribution is -2.00. The standard InChI is InChI=1S/C14H19NO/c1-10-8-11(2)13(4)14(12(10)3)6-5-7-15-9-16/h8H,5-7H2,1-4H3. The van der Waals surface area contributed by atoms with E-state index in [9.17, 15) is 4.79 Å². The van der Waals surface area contributed by atoms with Gasteiger partial charge in [-0.15, -0.1) is 0 Å². The molecule has 0 atom stereocenters. The summed E-state index contributed by atoms with van der Waals surface area (Å²) < 4.78 is 0. The van der Waals surface area contributed by atoms with Crippen molar-refractivity contribution < 1.29 is 4.79 Å². The molecule has 1 rings (SSSR count). The maximum atomic E-state index is 9.97. The van der Waals surface area contributed by atoms with Crippen LogP contribution < -0.4 is 0 Å². The monoisotopic (exact) mass is 217 g/mol. The Morgan fingerprint density at radius 3 is 2.19 bits per heavy atom. The van der Waals surface area contributed by atoms with Crippen LogP contribution in [0.15, 0.2) is 11.1 Å². The molecule has 0 N–H and O–H groups in total. The first-order valence-electron chi connectivity index (χ1n) is 5.67. The number of nitrogens with zero attached hydrogens (tertiary/aromatic N) is 1. The quantitative estimate of drug-likeness (QED) is 0.432. The highest BCUT2D eigenvalue weighted by Gasteiger charge is 2.07. The molecule has 1 aromatic rings. The summed E-state index contributed by atoms with van der Waals surface area (Å²) in [6.45, 7) is 9.21. The molecule has 0 aliphatic carbocycles. The van der Waals surface area contributed by atoms with Crippen LogP contribution in [0.25, 0.3) is 0 Å². The van der Waals surface area contributed by atoms with Crippen molar-refractivity contribution in [3.05, 3.63) is 33.9 Å². The Balaban J connectivity index is 2.89. The lowest BCUT2D eigenvalue weighted by Gasteiger charge is -2.14. The smallest absolute Gasteiger partial charge is 0.211 e. The van der Waals surface area contributed by atoms with Gasteiger partial charge in [-0.1, -0.05) is 6.07 Å². The second-order valence-corrected chi connectivity index (χ2v) is 4.32. The Morgan fingerprint density at radius 1 is 1.12 bits per heavy atom. The van der Waals surface area contributed by atoms with Crippen molar-refractivity contribution in [3.63, 3.8) is 0 Å². The van der Waals surface area contributed by atoms with E-state index in [0.717, 1.165) is 12.8 Å². The predicted molar refractivity (Wildman–Crippen MR) is 66.7 cm³/mol. The van der Waals surface area contributed by atoms with Crippen molar-refractivity contribution in [2.45, 2.75) is 40.5 Å². The van der Waals surface area contributed by atoms with Gasteiger partial charge in [-0.25, -0.2) is 9.79 Å². The maximum absolute atomic E-state index is 9.97. The third-order valence-electron chi connectivity index (χ3n) is 3.28. The summed E-state index contributed by atoms with van der Waals surface area (Å²) in [6, 6.07) is 2.23.